The fourth-order valence-corrected chi connectivity index (χ4v) is 3.66. The molecule has 0 aliphatic carbocycles. The second kappa shape index (κ2) is 4.83. The van der Waals surface area contributed by atoms with Crippen molar-refractivity contribution < 1.29 is 0 Å². The van der Waals surface area contributed by atoms with E-state index in [4.69, 9.17) is 4.98 Å². The number of pyridine rings is 1. The lowest BCUT2D eigenvalue weighted by molar-refractivity contribution is 1.11. The predicted molar refractivity (Wildman–Crippen MR) is 95.3 cm³/mol. The third kappa shape index (κ3) is 1.99. The quantitative estimate of drug-likeness (QED) is 0.449. The van der Waals surface area contributed by atoms with Crippen LogP contribution in [0.2, 0.25) is 0 Å². The van der Waals surface area contributed by atoms with E-state index in [2.05, 4.69) is 69.3 Å². The Hall–Kier alpha value is -2.85. The SMILES string of the molecule is c1csc(-n2ccc(-c3ccc4c(c3)nc3ccccn34)c2)c1. The molecule has 0 atom stereocenters. The highest BCUT2D eigenvalue weighted by atomic mass is 32.1. The van der Waals surface area contributed by atoms with Gasteiger partial charge in [0.15, 0.2) is 0 Å². The molecule has 0 fully saturated rings. The molecule has 5 rings (SSSR count). The molecular weight excluding hydrogens is 302 g/mol. The average Bonchev–Trinajstić information content (AvgIpc) is 3.32. The molecule has 3 nitrogen and oxygen atoms in total. The van der Waals surface area contributed by atoms with Crippen molar-refractivity contribution in [3.63, 3.8) is 0 Å². The van der Waals surface area contributed by atoms with Crippen LogP contribution in [0.25, 0.3) is 32.8 Å². The molecular formula is C19H13N3S. The summed E-state index contributed by atoms with van der Waals surface area (Å²) in [5, 5.41) is 3.32. The van der Waals surface area contributed by atoms with Crippen molar-refractivity contribution in [2.75, 3.05) is 0 Å². The standard InChI is InChI=1S/C19H13N3S/c1-2-9-22-17-7-6-14(12-16(17)20-18(22)4-1)15-8-10-21(13-15)19-5-3-11-23-19/h1-13H. The van der Waals surface area contributed by atoms with Crippen LogP contribution in [0.4, 0.5) is 0 Å². The summed E-state index contributed by atoms with van der Waals surface area (Å²) in [5.74, 6) is 0. The molecule has 23 heavy (non-hydrogen) atoms. The van der Waals surface area contributed by atoms with E-state index >= 15 is 0 Å². The van der Waals surface area contributed by atoms with E-state index in [1.165, 1.54) is 16.1 Å². The van der Waals surface area contributed by atoms with Crippen molar-refractivity contribution in [3.8, 4) is 16.1 Å². The number of rotatable bonds is 2. The highest BCUT2D eigenvalue weighted by Gasteiger charge is 2.07. The minimum absolute atomic E-state index is 0.982. The van der Waals surface area contributed by atoms with Crippen LogP contribution >= 0.6 is 11.3 Å². The molecule has 1 aromatic carbocycles. The van der Waals surface area contributed by atoms with Crippen molar-refractivity contribution in [1.29, 1.82) is 0 Å². The fraction of sp³-hybridized carbons (Fsp3) is 0. The number of imidazole rings is 1. The lowest BCUT2D eigenvalue weighted by Crippen LogP contribution is -1.83. The number of aromatic nitrogens is 3. The van der Waals surface area contributed by atoms with Crippen LogP contribution in [0.15, 0.2) is 78.6 Å². The van der Waals surface area contributed by atoms with Gasteiger partial charge in [-0.05, 0) is 59.0 Å². The fourth-order valence-electron chi connectivity index (χ4n) is 2.97. The van der Waals surface area contributed by atoms with Gasteiger partial charge in [-0.2, -0.15) is 0 Å². The first-order valence-electron chi connectivity index (χ1n) is 7.48. The van der Waals surface area contributed by atoms with Gasteiger partial charge in [-0.1, -0.05) is 12.1 Å². The third-order valence-electron chi connectivity index (χ3n) is 4.10. The first-order chi connectivity index (χ1) is 11.4. The second-order valence-corrected chi connectivity index (χ2v) is 6.43. The number of hydrogen-bond acceptors (Lipinski definition) is 2. The van der Waals surface area contributed by atoms with Crippen molar-refractivity contribution in [2.45, 2.75) is 0 Å². The summed E-state index contributed by atoms with van der Waals surface area (Å²) < 4.78 is 4.28. The summed E-state index contributed by atoms with van der Waals surface area (Å²) >= 11 is 1.74. The van der Waals surface area contributed by atoms with Crippen molar-refractivity contribution in [1.82, 2.24) is 14.0 Å². The Kier molecular flexibility index (Phi) is 2.66. The molecule has 0 N–H and O–H groups in total. The second-order valence-electron chi connectivity index (χ2n) is 5.50. The third-order valence-corrected chi connectivity index (χ3v) is 4.98. The molecule has 4 aromatic heterocycles. The first-order valence-corrected chi connectivity index (χ1v) is 8.35. The van der Waals surface area contributed by atoms with Crippen LogP contribution < -0.4 is 0 Å². The zero-order valence-electron chi connectivity index (χ0n) is 12.3. The van der Waals surface area contributed by atoms with E-state index in [9.17, 15) is 0 Å². The molecule has 4 heteroatoms. The number of benzene rings is 1. The van der Waals surface area contributed by atoms with E-state index in [1.807, 2.05) is 18.2 Å². The van der Waals surface area contributed by atoms with E-state index in [0.717, 1.165) is 16.7 Å². The summed E-state index contributed by atoms with van der Waals surface area (Å²) in [5.41, 5.74) is 5.55. The Balaban J connectivity index is 1.64. The number of thiophene rings is 1. The van der Waals surface area contributed by atoms with Crippen LogP contribution in [0.5, 0.6) is 0 Å². The molecule has 0 radical (unpaired) electrons. The van der Waals surface area contributed by atoms with Crippen LogP contribution in [0.1, 0.15) is 0 Å². The van der Waals surface area contributed by atoms with Crippen LogP contribution in [-0.4, -0.2) is 14.0 Å². The van der Waals surface area contributed by atoms with Gasteiger partial charge in [-0.15, -0.1) is 11.3 Å². The van der Waals surface area contributed by atoms with Gasteiger partial charge in [-0.25, -0.2) is 4.98 Å². The Labute approximate surface area is 137 Å². The van der Waals surface area contributed by atoms with Gasteiger partial charge in [0.25, 0.3) is 0 Å². The van der Waals surface area contributed by atoms with Gasteiger partial charge in [0.05, 0.1) is 16.0 Å². The number of fused-ring (bicyclic) bond motifs is 3. The van der Waals surface area contributed by atoms with E-state index in [1.54, 1.807) is 11.3 Å². The van der Waals surface area contributed by atoms with Crippen molar-refractivity contribution in [3.05, 3.63) is 78.6 Å². The smallest absolute Gasteiger partial charge is 0.137 e. The van der Waals surface area contributed by atoms with Gasteiger partial charge in [-0.3, -0.25) is 4.40 Å². The number of hydrogen-bond donors (Lipinski definition) is 0. The first kappa shape index (κ1) is 12.7. The summed E-state index contributed by atoms with van der Waals surface area (Å²) in [7, 11) is 0. The molecule has 0 saturated carbocycles. The maximum atomic E-state index is 4.72. The van der Waals surface area contributed by atoms with E-state index in [-0.39, 0.29) is 0 Å². The highest BCUT2D eigenvalue weighted by Crippen LogP contribution is 2.27. The van der Waals surface area contributed by atoms with E-state index in [0.29, 0.717) is 0 Å². The lowest BCUT2D eigenvalue weighted by atomic mass is 10.1. The van der Waals surface area contributed by atoms with Gasteiger partial charge in [0, 0.05) is 18.6 Å². The zero-order valence-corrected chi connectivity index (χ0v) is 13.1. The number of nitrogens with zero attached hydrogens (tertiary/aromatic N) is 3. The van der Waals surface area contributed by atoms with Gasteiger partial charge in [0.1, 0.15) is 5.65 Å². The van der Waals surface area contributed by atoms with Crippen LogP contribution in [0, 0.1) is 0 Å². The average molecular weight is 315 g/mol. The van der Waals surface area contributed by atoms with Crippen molar-refractivity contribution in [2.24, 2.45) is 0 Å². The minimum Gasteiger partial charge on any atom is -0.315 e. The molecule has 4 heterocycles. The Morgan fingerprint density at radius 2 is 1.87 bits per heavy atom. The normalized spacial score (nSPS) is 11.5. The van der Waals surface area contributed by atoms with Crippen LogP contribution in [0.3, 0.4) is 0 Å². The summed E-state index contributed by atoms with van der Waals surface area (Å²) in [6.07, 6.45) is 6.33. The Morgan fingerprint density at radius 1 is 0.870 bits per heavy atom. The highest BCUT2D eigenvalue weighted by molar-refractivity contribution is 7.12. The van der Waals surface area contributed by atoms with Gasteiger partial charge in [0.2, 0.25) is 0 Å². The lowest BCUT2D eigenvalue weighted by Gasteiger charge is -1.99. The maximum Gasteiger partial charge on any atom is 0.137 e. The molecule has 5 aromatic rings. The molecule has 0 saturated heterocycles. The van der Waals surface area contributed by atoms with E-state index < -0.39 is 0 Å². The summed E-state index contributed by atoms with van der Waals surface area (Å²) in [6, 6.07) is 18.9. The predicted octanol–water partition coefficient (Wildman–Crippen LogP) is 5.01. The molecule has 0 amide bonds. The van der Waals surface area contributed by atoms with Crippen LogP contribution in [-0.2, 0) is 0 Å². The maximum absolute atomic E-state index is 4.72. The summed E-state index contributed by atoms with van der Waals surface area (Å²) in [4.78, 5) is 4.72. The molecule has 0 unspecified atom stereocenters. The topological polar surface area (TPSA) is 22.2 Å². The molecule has 0 aliphatic heterocycles. The Morgan fingerprint density at radius 3 is 2.78 bits per heavy atom. The molecule has 0 spiro atoms. The van der Waals surface area contributed by atoms with Gasteiger partial charge >= 0.3 is 0 Å². The minimum atomic E-state index is 0.982. The zero-order chi connectivity index (χ0) is 15.2. The Bertz CT molecular complexity index is 1120. The monoisotopic (exact) mass is 315 g/mol. The van der Waals surface area contributed by atoms with Crippen molar-refractivity contribution >= 4 is 28.0 Å². The molecule has 0 bridgehead atoms. The molecule has 0 aliphatic rings. The van der Waals surface area contributed by atoms with Gasteiger partial charge < -0.3 is 4.57 Å². The largest absolute Gasteiger partial charge is 0.315 e. The summed E-state index contributed by atoms with van der Waals surface area (Å²) in [6.45, 7) is 0. The molecule has 110 valence electrons.